The summed E-state index contributed by atoms with van der Waals surface area (Å²) in [6.07, 6.45) is 5.02. The number of anilines is 1. The average molecular weight is 245 g/mol. The molecule has 4 unspecified atom stereocenters. The summed E-state index contributed by atoms with van der Waals surface area (Å²) >= 11 is 0. The zero-order valence-corrected chi connectivity index (χ0v) is 10.1. The van der Waals surface area contributed by atoms with Gasteiger partial charge in [-0.25, -0.2) is 0 Å². The van der Waals surface area contributed by atoms with Crippen molar-refractivity contribution >= 4 is 12.0 Å². The zero-order chi connectivity index (χ0) is 12.5. The topological polar surface area (TPSA) is 64.3 Å². The van der Waals surface area contributed by atoms with Crippen molar-refractivity contribution in [3.8, 4) is 5.75 Å². The Bertz CT molecular complexity index is 449. The van der Waals surface area contributed by atoms with Crippen LogP contribution in [0.2, 0.25) is 0 Å². The van der Waals surface area contributed by atoms with Gasteiger partial charge in [-0.3, -0.25) is 10.1 Å². The van der Waals surface area contributed by atoms with Gasteiger partial charge in [0, 0.05) is 18.4 Å². The SMILES string of the molecule is Nc1ccccc1OC1CC2CC([C]=O)C(C2)N1. The summed E-state index contributed by atoms with van der Waals surface area (Å²) in [5.41, 5.74) is 6.51. The highest BCUT2D eigenvalue weighted by atomic mass is 16.5. The molecule has 1 heterocycles. The molecule has 1 aliphatic carbocycles. The molecular formula is C14H17N2O2. The van der Waals surface area contributed by atoms with Crippen LogP contribution in [0.1, 0.15) is 19.3 Å². The Balaban J connectivity index is 1.69. The fraction of sp³-hybridized carbons (Fsp3) is 0.500. The van der Waals surface area contributed by atoms with Crippen molar-refractivity contribution in [2.24, 2.45) is 11.8 Å². The largest absolute Gasteiger partial charge is 0.473 e. The number of para-hydroxylation sites is 2. The van der Waals surface area contributed by atoms with Crippen molar-refractivity contribution < 1.29 is 9.53 Å². The Kier molecular flexibility index (Phi) is 2.96. The first-order chi connectivity index (χ1) is 8.76. The first-order valence-electron chi connectivity index (χ1n) is 6.41. The summed E-state index contributed by atoms with van der Waals surface area (Å²) < 4.78 is 5.89. The zero-order valence-electron chi connectivity index (χ0n) is 10.1. The molecule has 95 valence electrons. The average Bonchev–Trinajstić information content (AvgIpc) is 2.67. The van der Waals surface area contributed by atoms with E-state index in [0.717, 1.165) is 19.3 Å². The van der Waals surface area contributed by atoms with E-state index < -0.39 is 0 Å². The number of nitrogen functional groups attached to an aromatic ring is 1. The molecule has 0 aromatic heterocycles. The quantitative estimate of drug-likeness (QED) is 0.792. The third kappa shape index (κ3) is 2.08. The molecule has 3 rings (SSSR count). The Morgan fingerprint density at radius 1 is 1.28 bits per heavy atom. The summed E-state index contributed by atoms with van der Waals surface area (Å²) in [5, 5.41) is 3.38. The molecule has 18 heavy (non-hydrogen) atoms. The lowest BCUT2D eigenvalue weighted by atomic mass is 9.99. The number of hydrogen-bond donors (Lipinski definition) is 2. The van der Waals surface area contributed by atoms with E-state index in [1.165, 1.54) is 0 Å². The van der Waals surface area contributed by atoms with E-state index in [4.69, 9.17) is 10.5 Å². The van der Waals surface area contributed by atoms with Gasteiger partial charge in [-0.15, -0.1) is 0 Å². The minimum absolute atomic E-state index is 0.0247. The number of hydrogen-bond acceptors (Lipinski definition) is 4. The normalized spacial score (nSPS) is 34.2. The van der Waals surface area contributed by atoms with E-state index in [1.807, 2.05) is 24.3 Å². The molecule has 4 heteroatoms. The van der Waals surface area contributed by atoms with Gasteiger partial charge in [0.2, 0.25) is 6.29 Å². The van der Waals surface area contributed by atoms with E-state index in [9.17, 15) is 4.79 Å². The van der Waals surface area contributed by atoms with Crippen LogP contribution in [0, 0.1) is 11.8 Å². The van der Waals surface area contributed by atoms with Crippen LogP contribution in [0.4, 0.5) is 5.69 Å². The number of ether oxygens (including phenoxy) is 1. The number of nitrogens with two attached hydrogens (primary N) is 1. The molecule has 0 amide bonds. The molecule has 1 saturated heterocycles. The predicted molar refractivity (Wildman–Crippen MR) is 68.7 cm³/mol. The lowest BCUT2D eigenvalue weighted by Gasteiger charge is -2.30. The number of fused-ring (bicyclic) bond motifs is 2. The van der Waals surface area contributed by atoms with Crippen LogP contribution >= 0.6 is 0 Å². The van der Waals surface area contributed by atoms with Crippen LogP contribution in [0.15, 0.2) is 24.3 Å². The maximum atomic E-state index is 10.8. The summed E-state index contributed by atoms with van der Waals surface area (Å²) in [7, 11) is 0. The molecule has 2 aliphatic rings. The van der Waals surface area contributed by atoms with Crippen LogP contribution < -0.4 is 15.8 Å². The van der Waals surface area contributed by atoms with Crippen molar-refractivity contribution in [1.82, 2.24) is 5.32 Å². The standard InChI is InChI=1S/C14H17N2O2/c15-11-3-1-2-4-13(11)18-14-7-9-5-10(8-17)12(6-9)16-14/h1-4,9-10,12,14,16H,5-7,15H2. The second-order valence-electron chi connectivity index (χ2n) is 5.21. The lowest BCUT2D eigenvalue weighted by molar-refractivity contribution is 0.101. The Morgan fingerprint density at radius 3 is 2.89 bits per heavy atom. The summed E-state index contributed by atoms with van der Waals surface area (Å²) in [6, 6.07) is 7.71. The molecule has 4 nitrogen and oxygen atoms in total. The van der Waals surface area contributed by atoms with Crippen LogP contribution in [0.5, 0.6) is 5.75 Å². The molecule has 1 aliphatic heterocycles. The molecule has 1 saturated carbocycles. The number of benzene rings is 1. The van der Waals surface area contributed by atoms with Gasteiger partial charge in [0.15, 0.2) is 6.23 Å². The van der Waals surface area contributed by atoms with Gasteiger partial charge >= 0.3 is 0 Å². The second-order valence-corrected chi connectivity index (χ2v) is 5.21. The first-order valence-corrected chi connectivity index (χ1v) is 6.41. The minimum atomic E-state index is -0.0446. The molecule has 4 atom stereocenters. The smallest absolute Gasteiger partial charge is 0.203 e. The van der Waals surface area contributed by atoms with Gasteiger partial charge in [0.05, 0.1) is 5.69 Å². The van der Waals surface area contributed by atoms with Gasteiger partial charge in [0.1, 0.15) is 5.75 Å². The highest BCUT2D eigenvalue weighted by molar-refractivity contribution is 5.57. The van der Waals surface area contributed by atoms with E-state index in [2.05, 4.69) is 11.6 Å². The molecular weight excluding hydrogens is 228 g/mol. The van der Waals surface area contributed by atoms with Crippen LogP contribution in [-0.2, 0) is 4.79 Å². The third-order valence-electron chi connectivity index (χ3n) is 3.95. The maximum Gasteiger partial charge on any atom is 0.203 e. The second kappa shape index (κ2) is 4.61. The van der Waals surface area contributed by atoms with Crippen molar-refractivity contribution in [1.29, 1.82) is 0 Å². The van der Waals surface area contributed by atoms with Crippen LogP contribution in [0.25, 0.3) is 0 Å². The maximum absolute atomic E-state index is 10.8. The van der Waals surface area contributed by atoms with E-state index in [0.29, 0.717) is 17.4 Å². The Labute approximate surface area is 107 Å². The van der Waals surface area contributed by atoms with E-state index in [1.54, 1.807) is 0 Å². The monoisotopic (exact) mass is 245 g/mol. The highest BCUT2D eigenvalue weighted by Crippen LogP contribution is 2.38. The van der Waals surface area contributed by atoms with Crippen molar-refractivity contribution in [2.45, 2.75) is 31.5 Å². The molecule has 1 aromatic carbocycles. The van der Waals surface area contributed by atoms with Gasteiger partial charge in [-0.2, -0.15) is 0 Å². The Hall–Kier alpha value is -1.55. The van der Waals surface area contributed by atoms with Crippen LogP contribution in [-0.4, -0.2) is 18.6 Å². The molecule has 0 spiro atoms. The van der Waals surface area contributed by atoms with Gasteiger partial charge in [-0.1, -0.05) is 12.1 Å². The van der Waals surface area contributed by atoms with Crippen molar-refractivity contribution in [3.05, 3.63) is 24.3 Å². The van der Waals surface area contributed by atoms with Crippen molar-refractivity contribution in [2.75, 3.05) is 5.73 Å². The minimum Gasteiger partial charge on any atom is -0.473 e. The number of piperidine rings is 1. The fourth-order valence-corrected chi connectivity index (χ4v) is 3.08. The van der Waals surface area contributed by atoms with Gasteiger partial charge in [-0.05, 0) is 30.9 Å². The fourth-order valence-electron chi connectivity index (χ4n) is 3.08. The van der Waals surface area contributed by atoms with Crippen molar-refractivity contribution in [3.63, 3.8) is 0 Å². The Morgan fingerprint density at radius 2 is 2.11 bits per heavy atom. The number of carbonyl (C=O) groups excluding carboxylic acids is 1. The third-order valence-corrected chi connectivity index (χ3v) is 3.95. The summed E-state index contributed by atoms with van der Waals surface area (Å²) in [6.45, 7) is 0. The molecule has 1 aromatic rings. The molecule has 3 N–H and O–H groups in total. The molecule has 2 bridgehead atoms. The van der Waals surface area contributed by atoms with Crippen LogP contribution in [0.3, 0.4) is 0 Å². The first kappa shape index (κ1) is 11.5. The lowest BCUT2D eigenvalue weighted by Crippen LogP contribution is -2.46. The van der Waals surface area contributed by atoms with E-state index >= 15 is 0 Å². The summed E-state index contributed by atoms with van der Waals surface area (Å²) in [5.74, 6) is 1.30. The predicted octanol–water partition coefficient (Wildman–Crippen LogP) is 1.47. The summed E-state index contributed by atoms with van der Waals surface area (Å²) in [4.78, 5) is 10.8. The number of nitrogens with one attached hydrogen (secondary N) is 1. The van der Waals surface area contributed by atoms with Gasteiger partial charge in [0.25, 0.3) is 0 Å². The van der Waals surface area contributed by atoms with Gasteiger partial charge < -0.3 is 10.5 Å². The highest BCUT2D eigenvalue weighted by Gasteiger charge is 2.41. The number of rotatable bonds is 3. The molecule has 1 radical (unpaired) electrons. The van der Waals surface area contributed by atoms with E-state index in [-0.39, 0.29) is 18.2 Å². The molecule has 2 fully saturated rings.